The fourth-order valence-corrected chi connectivity index (χ4v) is 11.2. The summed E-state index contributed by atoms with van der Waals surface area (Å²) in [4.78, 5) is 23.9. The zero-order valence-electron chi connectivity index (χ0n) is 37.3. The molecule has 0 aromatic rings. The van der Waals surface area contributed by atoms with Crippen LogP contribution in [-0.2, 0) is 47.5 Å². The Morgan fingerprint density at radius 3 is 2.51 bits per heavy atom. The molecule has 7 aliphatic heterocycles. The van der Waals surface area contributed by atoms with Crippen LogP contribution in [0.2, 0.25) is 0 Å². The van der Waals surface area contributed by atoms with Crippen LogP contribution in [0.3, 0.4) is 0 Å². The Kier molecular flexibility index (Phi) is 14.0. The normalized spacial score (nSPS) is 44.3. The number of ether oxygens (including phenoxy) is 8. The lowest BCUT2D eigenvalue weighted by Crippen LogP contribution is -2.60. The van der Waals surface area contributed by atoms with Crippen molar-refractivity contribution >= 4 is 11.9 Å². The summed E-state index contributed by atoms with van der Waals surface area (Å²) in [5.41, 5.74) is -0.613. The quantitative estimate of drug-likeness (QED) is 0.139. The van der Waals surface area contributed by atoms with E-state index in [2.05, 4.69) is 33.4 Å². The monoisotopic (exact) mass is 860 g/mol. The lowest BCUT2D eigenvalue weighted by atomic mass is 9.78. The fourth-order valence-electron chi connectivity index (χ4n) is 11.2. The third kappa shape index (κ3) is 9.89. The van der Waals surface area contributed by atoms with Gasteiger partial charge in [-0.3, -0.25) is 4.79 Å². The summed E-state index contributed by atoms with van der Waals surface area (Å²) in [6, 6.07) is 0. The van der Waals surface area contributed by atoms with Gasteiger partial charge in [0, 0.05) is 44.4 Å². The van der Waals surface area contributed by atoms with E-state index in [0.29, 0.717) is 75.4 Å². The summed E-state index contributed by atoms with van der Waals surface area (Å²) >= 11 is 0. The van der Waals surface area contributed by atoms with Gasteiger partial charge in [0.25, 0.3) is 0 Å². The highest BCUT2D eigenvalue weighted by molar-refractivity contribution is 5.76. The number of hydrogen-bond acceptors (Lipinski definition) is 13. The van der Waals surface area contributed by atoms with Crippen molar-refractivity contribution in [2.75, 3.05) is 6.61 Å². The predicted molar refractivity (Wildman–Crippen MR) is 222 cm³/mol. The van der Waals surface area contributed by atoms with Crippen LogP contribution < -0.4 is 0 Å². The molecule has 344 valence electrons. The molecular weight excluding hydrogens is 789 g/mol. The molecule has 0 saturated carbocycles. The van der Waals surface area contributed by atoms with Gasteiger partial charge in [0.05, 0.1) is 43.2 Å². The van der Waals surface area contributed by atoms with Crippen LogP contribution in [0.5, 0.6) is 0 Å². The van der Waals surface area contributed by atoms with Gasteiger partial charge >= 0.3 is 11.9 Å². The molecule has 1 unspecified atom stereocenters. The first-order valence-corrected chi connectivity index (χ1v) is 23.0. The summed E-state index contributed by atoms with van der Waals surface area (Å²) < 4.78 is 51.6. The molecule has 7 heterocycles. The van der Waals surface area contributed by atoms with Crippen LogP contribution in [0, 0.1) is 23.7 Å². The molecule has 18 atom stereocenters. The third-order valence-electron chi connectivity index (χ3n) is 14.8. The maximum absolute atomic E-state index is 12.2. The molecule has 61 heavy (non-hydrogen) atoms. The highest BCUT2D eigenvalue weighted by Crippen LogP contribution is 2.48. The van der Waals surface area contributed by atoms with Crippen molar-refractivity contribution in [3.8, 4) is 0 Å². The first-order chi connectivity index (χ1) is 28.7. The minimum atomic E-state index is -2.00. The average molecular weight is 861 g/mol. The number of aliphatic hydroxyl groups is 3. The van der Waals surface area contributed by atoms with E-state index in [4.69, 9.17) is 37.9 Å². The van der Waals surface area contributed by atoms with E-state index in [-0.39, 0.29) is 36.6 Å². The molecule has 0 bridgehead atoms. The summed E-state index contributed by atoms with van der Waals surface area (Å²) in [5, 5.41) is 43.3. The average Bonchev–Trinajstić information content (AvgIpc) is 3.59. The first kappa shape index (κ1) is 46.7. The Morgan fingerprint density at radius 1 is 1.03 bits per heavy atom. The van der Waals surface area contributed by atoms with E-state index in [0.717, 1.165) is 31.3 Å². The molecule has 4 N–H and O–H groups in total. The topological polar surface area (TPSA) is 189 Å². The second kappa shape index (κ2) is 18.3. The highest BCUT2D eigenvalue weighted by atomic mass is 16.7. The second-order valence-corrected chi connectivity index (χ2v) is 19.9. The predicted octanol–water partition coefficient (Wildman–Crippen LogP) is 6.03. The SMILES string of the molecule is C=C1[C@@H](O)[C@@H]2O[C@]3(CC[C@H](/C=C/[C@@H](C)[C@@H]4CC(C)=C[C@@]5(O[C@H](C[C@@](C)(O)C(=O)O)CC[C@H]5OC(C)=O)O4)O3)CC[C@H]2O[C@@H]1[C@@H](O)C[C@H](C)C1O[C@@]2(CC[C@H]1C)OCCC[C@H]2C. The minimum absolute atomic E-state index is 0.0303. The molecule has 6 fully saturated rings. The van der Waals surface area contributed by atoms with Gasteiger partial charge in [-0.1, -0.05) is 52.0 Å². The molecule has 0 aromatic heterocycles. The van der Waals surface area contributed by atoms with Gasteiger partial charge in [-0.15, -0.1) is 0 Å². The highest BCUT2D eigenvalue weighted by Gasteiger charge is 2.56. The molecular formula is C47H72O14. The van der Waals surface area contributed by atoms with E-state index in [9.17, 15) is 30.0 Å². The number of hydrogen-bond donors (Lipinski definition) is 4. The Labute approximate surface area is 361 Å². The van der Waals surface area contributed by atoms with E-state index in [1.54, 1.807) is 0 Å². The van der Waals surface area contributed by atoms with Gasteiger partial charge in [-0.05, 0) is 95.1 Å². The number of carbonyl (C=O) groups is 2. The maximum atomic E-state index is 12.2. The van der Waals surface area contributed by atoms with Gasteiger partial charge in [0.1, 0.15) is 18.3 Å². The van der Waals surface area contributed by atoms with E-state index < -0.39 is 77.6 Å². The van der Waals surface area contributed by atoms with Gasteiger partial charge < -0.3 is 58.3 Å². The molecule has 7 rings (SSSR count). The Hall–Kier alpha value is -2.24. The molecule has 0 radical (unpaired) electrons. The number of aliphatic hydroxyl groups excluding tert-OH is 2. The Morgan fingerprint density at radius 2 is 1.79 bits per heavy atom. The van der Waals surface area contributed by atoms with Crippen molar-refractivity contribution in [1.29, 1.82) is 0 Å². The zero-order chi connectivity index (χ0) is 44.1. The van der Waals surface area contributed by atoms with Gasteiger partial charge in [-0.2, -0.15) is 0 Å². The number of carbonyl (C=O) groups excluding carboxylic acids is 1. The van der Waals surface area contributed by atoms with Crippen molar-refractivity contribution in [1.82, 2.24) is 0 Å². The number of esters is 1. The number of rotatable bonds is 11. The van der Waals surface area contributed by atoms with Gasteiger partial charge in [0.15, 0.2) is 23.3 Å². The smallest absolute Gasteiger partial charge is 0.335 e. The number of aliphatic carboxylic acids is 1. The van der Waals surface area contributed by atoms with Crippen molar-refractivity contribution in [2.24, 2.45) is 23.7 Å². The van der Waals surface area contributed by atoms with Gasteiger partial charge in [0.2, 0.25) is 5.79 Å². The van der Waals surface area contributed by atoms with E-state index >= 15 is 0 Å². The molecule has 6 saturated heterocycles. The number of carboxylic acids is 1. The number of carboxylic acid groups (broad SMARTS) is 1. The molecule has 0 amide bonds. The van der Waals surface area contributed by atoms with Gasteiger partial charge in [-0.25, -0.2) is 4.79 Å². The summed E-state index contributed by atoms with van der Waals surface area (Å²) in [5.74, 6) is -4.15. The van der Waals surface area contributed by atoms with Crippen molar-refractivity contribution in [3.05, 3.63) is 36.0 Å². The zero-order valence-corrected chi connectivity index (χ0v) is 37.3. The van der Waals surface area contributed by atoms with Crippen LogP contribution in [0.15, 0.2) is 36.0 Å². The lowest BCUT2D eigenvalue weighted by Gasteiger charge is -2.51. The van der Waals surface area contributed by atoms with Crippen LogP contribution in [0.25, 0.3) is 0 Å². The third-order valence-corrected chi connectivity index (χ3v) is 14.8. The standard InChI is InChI=1S/C47H72O14/c1-26-22-37(59-47(24-26)38(55-32(7)48)14-13-34(58-47)25-44(8,53)43(51)52)27(2)11-12-33-16-18-45(57-33)19-17-36-42(60-45)39(50)31(6)41(56-36)35(49)23-29(4)40-28(3)15-20-46(61-40)30(5)10-9-21-54-46/h11-12,24,27-30,33-42,49-50,53H,6,9-10,13-23,25H2,1-5,7-8H3,(H,51,52)/b12-11+/t27-,28-,29+,30-,33+,34+,35+,36-,37+,38-,39-,40?,41+,42-,44-,45-,46-,47-/m1/s1. The second-order valence-electron chi connectivity index (χ2n) is 19.9. The molecule has 0 aliphatic carbocycles. The van der Waals surface area contributed by atoms with E-state index in [1.165, 1.54) is 13.8 Å². The lowest BCUT2D eigenvalue weighted by molar-refractivity contribution is -0.334. The maximum Gasteiger partial charge on any atom is 0.335 e. The summed E-state index contributed by atoms with van der Waals surface area (Å²) in [6.45, 7) is 18.0. The molecule has 3 spiro atoms. The summed E-state index contributed by atoms with van der Waals surface area (Å²) in [6.07, 6.45) is 8.26. The van der Waals surface area contributed by atoms with Crippen LogP contribution >= 0.6 is 0 Å². The first-order valence-electron chi connectivity index (χ1n) is 23.0. The minimum Gasteiger partial charge on any atom is -0.479 e. The molecule has 7 aliphatic rings. The van der Waals surface area contributed by atoms with E-state index in [1.807, 2.05) is 26.0 Å². The Bertz CT molecular complexity index is 1660. The molecule has 0 aromatic carbocycles. The van der Waals surface area contributed by atoms with Crippen molar-refractivity contribution in [2.45, 2.75) is 216 Å². The van der Waals surface area contributed by atoms with Crippen LogP contribution in [-0.4, -0.2) is 123 Å². The summed E-state index contributed by atoms with van der Waals surface area (Å²) in [7, 11) is 0. The van der Waals surface area contributed by atoms with Crippen LogP contribution in [0.1, 0.15) is 132 Å². The number of fused-ring (bicyclic) bond motifs is 1. The van der Waals surface area contributed by atoms with Crippen LogP contribution in [0.4, 0.5) is 0 Å². The fraction of sp³-hybridized carbons (Fsp3) is 0.830. The largest absolute Gasteiger partial charge is 0.479 e. The molecule has 14 nitrogen and oxygen atoms in total. The van der Waals surface area contributed by atoms with Crippen molar-refractivity contribution in [3.63, 3.8) is 0 Å². The Balaban J connectivity index is 0.941. The van der Waals surface area contributed by atoms with Crippen molar-refractivity contribution < 1.29 is 67.9 Å². The molecule has 14 heteroatoms.